The van der Waals surface area contributed by atoms with E-state index >= 15 is 0 Å². The maximum Gasteiger partial charge on any atom is 0.305 e. The lowest BCUT2D eigenvalue weighted by atomic mass is 10.0. The monoisotopic (exact) mass is 972 g/mol. The van der Waals surface area contributed by atoms with Gasteiger partial charge in [-0.1, -0.05) is 295 Å². The number of amides is 1. The van der Waals surface area contributed by atoms with E-state index in [9.17, 15) is 19.8 Å². The number of aliphatic hydroxyl groups excluding tert-OH is 2. The summed E-state index contributed by atoms with van der Waals surface area (Å²) in [5.41, 5.74) is 0. The predicted octanol–water partition coefficient (Wildman–Crippen LogP) is 19.4. The van der Waals surface area contributed by atoms with Gasteiger partial charge in [-0.15, -0.1) is 0 Å². The molecule has 0 aromatic carbocycles. The Hall–Kier alpha value is -1.66. The molecule has 0 aromatic heterocycles. The summed E-state index contributed by atoms with van der Waals surface area (Å²) in [5, 5.41) is 23.2. The molecule has 0 bridgehead atoms. The van der Waals surface area contributed by atoms with Crippen LogP contribution in [0.4, 0.5) is 0 Å². The third-order valence-corrected chi connectivity index (χ3v) is 14.5. The molecule has 69 heavy (non-hydrogen) atoms. The summed E-state index contributed by atoms with van der Waals surface area (Å²) in [6.07, 6.45) is 72.1. The number of esters is 1. The van der Waals surface area contributed by atoms with Crippen molar-refractivity contribution in [2.45, 2.75) is 353 Å². The van der Waals surface area contributed by atoms with E-state index in [0.29, 0.717) is 19.4 Å². The molecule has 0 saturated carbocycles. The third kappa shape index (κ3) is 55.5. The zero-order valence-corrected chi connectivity index (χ0v) is 46.6. The first-order chi connectivity index (χ1) is 34.0. The molecule has 2 atom stereocenters. The first-order valence-electron chi connectivity index (χ1n) is 31.1. The molecule has 0 saturated heterocycles. The fraction of sp³-hybridized carbons (Fsp3) is 0.905. The third-order valence-electron chi connectivity index (χ3n) is 14.5. The molecule has 0 fully saturated rings. The lowest BCUT2D eigenvalue weighted by Gasteiger charge is -2.19. The minimum atomic E-state index is -0.862. The molecular formula is C63H121NO5. The minimum Gasteiger partial charge on any atom is -0.466 e. The number of carbonyl (C=O) groups is 2. The smallest absolute Gasteiger partial charge is 0.305 e. The molecule has 0 aliphatic heterocycles. The number of aliphatic hydroxyl groups is 2. The maximum absolute atomic E-state index is 12.5. The Morgan fingerprint density at radius 3 is 1.04 bits per heavy atom. The zero-order chi connectivity index (χ0) is 50.0. The summed E-state index contributed by atoms with van der Waals surface area (Å²) in [4.78, 5) is 24.6. The molecule has 3 N–H and O–H groups in total. The average molecular weight is 973 g/mol. The van der Waals surface area contributed by atoms with Crippen molar-refractivity contribution in [3.63, 3.8) is 0 Å². The summed E-state index contributed by atoms with van der Waals surface area (Å²) < 4.78 is 5.48. The molecule has 0 heterocycles. The molecule has 0 radical (unpaired) electrons. The number of rotatable bonds is 58. The van der Waals surface area contributed by atoms with Gasteiger partial charge in [0.25, 0.3) is 0 Å². The molecule has 0 aromatic rings. The topological polar surface area (TPSA) is 95.9 Å². The molecule has 6 heteroatoms. The van der Waals surface area contributed by atoms with Crippen LogP contribution in [0.25, 0.3) is 0 Å². The van der Waals surface area contributed by atoms with E-state index in [1.54, 1.807) is 6.08 Å². The number of unbranched alkanes of at least 4 members (excludes halogenated alkanes) is 45. The van der Waals surface area contributed by atoms with Gasteiger partial charge in [0, 0.05) is 12.8 Å². The van der Waals surface area contributed by atoms with Crippen molar-refractivity contribution in [3.05, 3.63) is 24.3 Å². The highest BCUT2D eigenvalue weighted by atomic mass is 16.5. The SMILES string of the molecule is CCCCCCCCCCCCCCCCCCCCC/C=C/C(O)C(CO)NC(=O)CCCCC/C=C\CCCCCCCCOC(=O)CCCCCCCCCCCCCCCCCCCC. The first kappa shape index (κ1) is 67.3. The molecule has 2 unspecified atom stereocenters. The molecule has 0 spiro atoms. The predicted molar refractivity (Wildman–Crippen MR) is 301 cm³/mol. The first-order valence-corrected chi connectivity index (χ1v) is 31.1. The van der Waals surface area contributed by atoms with Crippen molar-refractivity contribution in [2.75, 3.05) is 13.2 Å². The molecule has 0 aliphatic rings. The van der Waals surface area contributed by atoms with Crippen LogP contribution in [0.2, 0.25) is 0 Å². The quantitative estimate of drug-likeness (QED) is 0.0321. The van der Waals surface area contributed by atoms with Crippen LogP contribution in [0.5, 0.6) is 0 Å². The fourth-order valence-electron chi connectivity index (χ4n) is 9.69. The summed E-state index contributed by atoms with van der Waals surface area (Å²) in [5.74, 6) is -0.103. The maximum atomic E-state index is 12.5. The van der Waals surface area contributed by atoms with Gasteiger partial charge in [0.1, 0.15) is 0 Å². The van der Waals surface area contributed by atoms with Crippen LogP contribution in [0.1, 0.15) is 341 Å². The molecule has 1 amide bonds. The number of carbonyl (C=O) groups excluding carboxylic acids is 2. The summed E-state index contributed by atoms with van der Waals surface area (Å²) in [6, 6.07) is -0.649. The van der Waals surface area contributed by atoms with E-state index in [0.717, 1.165) is 70.6 Å². The molecule has 6 nitrogen and oxygen atoms in total. The van der Waals surface area contributed by atoms with E-state index in [2.05, 4.69) is 31.3 Å². The Kier molecular flexibility index (Phi) is 57.5. The summed E-state index contributed by atoms with van der Waals surface area (Å²) in [6.45, 7) is 4.89. The number of hydrogen-bond donors (Lipinski definition) is 3. The van der Waals surface area contributed by atoms with Crippen LogP contribution in [0, 0.1) is 0 Å². The number of ether oxygens (including phenoxy) is 1. The Balaban J connectivity index is 3.49. The second-order valence-electron chi connectivity index (χ2n) is 21.4. The van der Waals surface area contributed by atoms with E-state index < -0.39 is 12.1 Å². The van der Waals surface area contributed by atoms with Gasteiger partial charge in [-0.3, -0.25) is 9.59 Å². The van der Waals surface area contributed by atoms with Gasteiger partial charge < -0.3 is 20.3 Å². The van der Waals surface area contributed by atoms with Gasteiger partial charge in [-0.05, 0) is 57.8 Å². The Bertz CT molecular complexity index is 1080. The van der Waals surface area contributed by atoms with Gasteiger partial charge >= 0.3 is 5.97 Å². The normalized spacial score (nSPS) is 12.7. The van der Waals surface area contributed by atoms with Crippen LogP contribution in [-0.2, 0) is 14.3 Å². The van der Waals surface area contributed by atoms with Crippen LogP contribution < -0.4 is 5.32 Å². The van der Waals surface area contributed by atoms with Crippen molar-refractivity contribution in [1.82, 2.24) is 5.32 Å². The summed E-state index contributed by atoms with van der Waals surface area (Å²) >= 11 is 0. The zero-order valence-electron chi connectivity index (χ0n) is 46.6. The second-order valence-corrected chi connectivity index (χ2v) is 21.4. The minimum absolute atomic E-state index is 0.00895. The van der Waals surface area contributed by atoms with Crippen molar-refractivity contribution < 1.29 is 24.5 Å². The van der Waals surface area contributed by atoms with Crippen molar-refractivity contribution in [1.29, 1.82) is 0 Å². The lowest BCUT2D eigenvalue weighted by Crippen LogP contribution is -2.45. The van der Waals surface area contributed by atoms with Crippen LogP contribution in [0.15, 0.2) is 24.3 Å². The van der Waals surface area contributed by atoms with Crippen molar-refractivity contribution in [3.8, 4) is 0 Å². The van der Waals surface area contributed by atoms with E-state index in [1.165, 1.54) is 244 Å². The molecular weight excluding hydrogens is 851 g/mol. The van der Waals surface area contributed by atoms with E-state index in [4.69, 9.17) is 4.74 Å². The van der Waals surface area contributed by atoms with E-state index in [1.807, 2.05) is 6.08 Å². The van der Waals surface area contributed by atoms with Gasteiger partial charge in [0.2, 0.25) is 5.91 Å². The molecule has 0 aliphatic carbocycles. The Morgan fingerprint density at radius 2 is 0.681 bits per heavy atom. The number of hydrogen-bond acceptors (Lipinski definition) is 5. The number of allylic oxidation sites excluding steroid dienone is 3. The second kappa shape index (κ2) is 58.9. The van der Waals surface area contributed by atoms with Crippen molar-refractivity contribution >= 4 is 11.9 Å². The highest BCUT2D eigenvalue weighted by molar-refractivity contribution is 5.76. The van der Waals surface area contributed by atoms with E-state index in [-0.39, 0.29) is 18.5 Å². The average Bonchev–Trinajstić information content (AvgIpc) is 3.35. The van der Waals surface area contributed by atoms with Crippen LogP contribution >= 0.6 is 0 Å². The lowest BCUT2D eigenvalue weighted by molar-refractivity contribution is -0.143. The van der Waals surface area contributed by atoms with Gasteiger partial charge in [0.05, 0.1) is 25.4 Å². The number of nitrogens with one attached hydrogen (secondary N) is 1. The highest BCUT2D eigenvalue weighted by Crippen LogP contribution is 2.18. The largest absolute Gasteiger partial charge is 0.466 e. The standard InChI is InChI=1S/C63H121NO5/c1-3-5-7-9-11-13-15-17-19-21-23-24-25-26-28-31-35-39-43-47-51-55-61(66)60(59-65)64-62(67)56-52-48-44-40-36-32-30-34-38-42-46-50-54-58-69-63(68)57-53-49-45-41-37-33-29-27-22-20-18-16-14-12-10-8-6-4-2/h32,36,51,55,60-61,65-66H,3-31,33-35,37-50,52-54,56-59H2,1-2H3,(H,64,67)/b36-32-,55-51+. The van der Waals surface area contributed by atoms with Gasteiger partial charge in [-0.25, -0.2) is 0 Å². The Morgan fingerprint density at radius 1 is 0.391 bits per heavy atom. The molecule has 408 valence electrons. The Labute approximate surface area is 431 Å². The van der Waals surface area contributed by atoms with Crippen molar-refractivity contribution in [2.24, 2.45) is 0 Å². The molecule has 0 rings (SSSR count). The fourth-order valence-corrected chi connectivity index (χ4v) is 9.69. The highest BCUT2D eigenvalue weighted by Gasteiger charge is 2.18. The van der Waals surface area contributed by atoms with Crippen LogP contribution in [-0.4, -0.2) is 47.4 Å². The van der Waals surface area contributed by atoms with Gasteiger partial charge in [-0.2, -0.15) is 0 Å². The van der Waals surface area contributed by atoms with Crippen LogP contribution in [0.3, 0.4) is 0 Å². The summed E-state index contributed by atoms with van der Waals surface area (Å²) in [7, 11) is 0. The van der Waals surface area contributed by atoms with Gasteiger partial charge in [0.15, 0.2) is 0 Å².